The molecule has 3 aliphatic rings. The van der Waals surface area contributed by atoms with Gasteiger partial charge in [0, 0.05) is 6.42 Å². The molecular formula is C21H26N2O3. The van der Waals surface area contributed by atoms with E-state index in [0.717, 1.165) is 49.8 Å². The van der Waals surface area contributed by atoms with Gasteiger partial charge in [-0.1, -0.05) is 30.4 Å². The molecule has 2 amide bonds. The first-order valence-corrected chi connectivity index (χ1v) is 9.56. The summed E-state index contributed by atoms with van der Waals surface area (Å²) in [5, 5.41) is 16.7. The molecule has 2 atom stereocenters. The number of hydrogen-bond donors (Lipinski definition) is 3. The van der Waals surface area contributed by atoms with Crippen molar-refractivity contribution in [2.75, 3.05) is 6.54 Å². The number of allylic oxidation sites excluding steroid dienone is 2. The first kappa shape index (κ1) is 17.2. The maximum absolute atomic E-state index is 12.4. The number of hydrogen-bond acceptors (Lipinski definition) is 3. The fraction of sp³-hybridized carbons (Fsp3) is 0.476. The van der Waals surface area contributed by atoms with E-state index in [4.69, 9.17) is 4.74 Å². The number of benzene rings is 1. The minimum absolute atomic E-state index is 0.0407. The Labute approximate surface area is 154 Å². The molecule has 26 heavy (non-hydrogen) atoms. The molecule has 0 bridgehead atoms. The standard InChI is InChI=1S/C21H26N2O3/c24-20(22-14-17-12-11-16-7-2-4-10-19(16)26-17)23-21(25)13-5-8-15-6-1-3-9-18(15)21/h2,4-5,7-8,10,17,25H,1,3,6,9,11-14H2,(H2,22,23,24). The lowest BCUT2D eigenvalue weighted by atomic mass is 9.80. The van der Waals surface area contributed by atoms with Gasteiger partial charge in [0.2, 0.25) is 0 Å². The van der Waals surface area contributed by atoms with Gasteiger partial charge in [0.1, 0.15) is 11.9 Å². The van der Waals surface area contributed by atoms with Crippen LogP contribution in [0.4, 0.5) is 4.79 Å². The van der Waals surface area contributed by atoms with Crippen molar-refractivity contribution in [3.05, 3.63) is 53.1 Å². The second-order valence-corrected chi connectivity index (χ2v) is 7.40. The fourth-order valence-corrected chi connectivity index (χ4v) is 4.17. The van der Waals surface area contributed by atoms with E-state index < -0.39 is 5.72 Å². The lowest BCUT2D eigenvalue weighted by Gasteiger charge is -2.37. The van der Waals surface area contributed by atoms with Crippen molar-refractivity contribution in [2.45, 2.75) is 56.8 Å². The number of ether oxygens (including phenoxy) is 1. The number of nitrogens with one attached hydrogen (secondary N) is 2. The van der Waals surface area contributed by atoms with Crippen molar-refractivity contribution in [1.29, 1.82) is 0 Å². The average Bonchev–Trinajstić information content (AvgIpc) is 2.66. The van der Waals surface area contributed by atoms with Crippen LogP contribution in [-0.4, -0.2) is 29.5 Å². The van der Waals surface area contributed by atoms with E-state index in [2.05, 4.69) is 22.8 Å². The first-order valence-electron chi connectivity index (χ1n) is 9.56. The third-order valence-electron chi connectivity index (χ3n) is 5.55. The molecule has 1 aromatic carbocycles. The van der Waals surface area contributed by atoms with E-state index in [-0.39, 0.29) is 12.1 Å². The van der Waals surface area contributed by atoms with Gasteiger partial charge in [-0.25, -0.2) is 4.79 Å². The number of para-hydroxylation sites is 1. The van der Waals surface area contributed by atoms with Crippen LogP contribution in [0.3, 0.4) is 0 Å². The van der Waals surface area contributed by atoms with Crippen molar-refractivity contribution < 1.29 is 14.6 Å². The summed E-state index contributed by atoms with van der Waals surface area (Å²) >= 11 is 0. The van der Waals surface area contributed by atoms with Crippen LogP contribution in [0.2, 0.25) is 0 Å². The van der Waals surface area contributed by atoms with Gasteiger partial charge in [-0.3, -0.25) is 0 Å². The highest BCUT2D eigenvalue weighted by Gasteiger charge is 2.36. The first-order chi connectivity index (χ1) is 12.6. The van der Waals surface area contributed by atoms with E-state index in [1.54, 1.807) is 0 Å². The van der Waals surface area contributed by atoms with E-state index in [9.17, 15) is 9.90 Å². The summed E-state index contributed by atoms with van der Waals surface area (Å²) in [4.78, 5) is 12.4. The third-order valence-corrected chi connectivity index (χ3v) is 5.55. The average molecular weight is 354 g/mol. The number of rotatable bonds is 3. The summed E-state index contributed by atoms with van der Waals surface area (Å²) in [6, 6.07) is 7.68. The molecule has 1 aromatic rings. The summed E-state index contributed by atoms with van der Waals surface area (Å²) in [5.41, 5.74) is 2.12. The molecule has 5 nitrogen and oxygen atoms in total. The van der Waals surface area contributed by atoms with Crippen LogP contribution < -0.4 is 15.4 Å². The minimum atomic E-state index is -1.26. The molecule has 2 unspecified atom stereocenters. The molecule has 0 saturated heterocycles. The monoisotopic (exact) mass is 354 g/mol. The zero-order valence-electron chi connectivity index (χ0n) is 15.0. The highest BCUT2D eigenvalue weighted by molar-refractivity contribution is 5.75. The van der Waals surface area contributed by atoms with E-state index in [1.165, 1.54) is 11.1 Å². The Morgan fingerprint density at radius 3 is 3.00 bits per heavy atom. The zero-order chi connectivity index (χ0) is 18.0. The Kier molecular flexibility index (Phi) is 4.72. The highest BCUT2D eigenvalue weighted by Crippen LogP contribution is 2.37. The maximum Gasteiger partial charge on any atom is 0.317 e. The lowest BCUT2D eigenvalue weighted by molar-refractivity contribution is 0.0476. The SMILES string of the molecule is O=C(NCC1CCc2ccccc2O1)NC1(O)CC=CC2=C1CCCC2. The molecule has 0 radical (unpaired) electrons. The molecular weight excluding hydrogens is 328 g/mol. The van der Waals surface area contributed by atoms with E-state index >= 15 is 0 Å². The normalized spacial score (nSPS) is 27.2. The number of fused-ring (bicyclic) bond motifs is 1. The number of aryl methyl sites for hydroxylation is 1. The smallest absolute Gasteiger partial charge is 0.317 e. The molecule has 0 aromatic heterocycles. The van der Waals surface area contributed by atoms with Gasteiger partial charge in [0.05, 0.1) is 6.54 Å². The van der Waals surface area contributed by atoms with E-state index in [1.807, 2.05) is 24.3 Å². The second kappa shape index (κ2) is 7.16. The van der Waals surface area contributed by atoms with Crippen molar-refractivity contribution >= 4 is 6.03 Å². The molecule has 138 valence electrons. The van der Waals surface area contributed by atoms with Gasteiger partial charge in [0.15, 0.2) is 5.72 Å². The van der Waals surface area contributed by atoms with Gasteiger partial charge in [-0.15, -0.1) is 0 Å². The summed E-state index contributed by atoms with van der Waals surface area (Å²) in [6.45, 7) is 0.429. The molecule has 3 N–H and O–H groups in total. The Balaban J connectivity index is 1.33. The number of aliphatic hydroxyl groups is 1. The Bertz CT molecular complexity index is 755. The molecule has 1 aliphatic heterocycles. The Morgan fingerprint density at radius 1 is 1.23 bits per heavy atom. The third kappa shape index (κ3) is 3.49. The zero-order valence-corrected chi connectivity index (χ0v) is 15.0. The molecule has 0 saturated carbocycles. The molecule has 0 fully saturated rings. The summed E-state index contributed by atoms with van der Waals surface area (Å²) in [5.74, 6) is 0.902. The quantitative estimate of drug-likeness (QED) is 0.730. The minimum Gasteiger partial charge on any atom is -0.488 e. The van der Waals surface area contributed by atoms with Crippen LogP contribution in [0.1, 0.15) is 44.1 Å². The predicted molar refractivity (Wildman–Crippen MR) is 99.9 cm³/mol. The van der Waals surface area contributed by atoms with Crippen LogP contribution >= 0.6 is 0 Å². The Hall–Kier alpha value is -2.27. The summed E-state index contributed by atoms with van der Waals surface area (Å²) in [6.07, 6.45) is 10.3. The Morgan fingerprint density at radius 2 is 2.08 bits per heavy atom. The van der Waals surface area contributed by atoms with Gasteiger partial charge >= 0.3 is 6.03 Å². The van der Waals surface area contributed by atoms with Crippen LogP contribution in [0, 0.1) is 0 Å². The number of urea groups is 1. The number of amides is 2. The molecule has 2 aliphatic carbocycles. The molecule has 4 rings (SSSR count). The van der Waals surface area contributed by atoms with Crippen molar-refractivity contribution in [1.82, 2.24) is 10.6 Å². The van der Waals surface area contributed by atoms with Crippen molar-refractivity contribution in [3.8, 4) is 5.75 Å². The van der Waals surface area contributed by atoms with Crippen LogP contribution in [-0.2, 0) is 6.42 Å². The predicted octanol–water partition coefficient (Wildman–Crippen LogP) is 3.20. The number of carbonyl (C=O) groups excluding carboxylic acids is 1. The topological polar surface area (TPSA) is 70.6 Å². The maximum atomic E-state index is 12.4. The van der Waals surface area contributed by atoms with Gasteiger partial charge in [0.25, 0.3) is 0 Å². The molecule has 1 heterocycles. The largest absolute Gasteiger partial charge is 0.488 e. The van der Waals surface area contributed by atoms with Gasteiger partial charge in [-0.05, 0) is 61.3 Å². The molecule has 0 spiro atoms. The van der Waals surface area contributed by atoms with Crippen molar-refractivity contribution in [3.63, 3.8) is 0 Å². The summed E-state index contributed by atoms with van der Waals surface area (Å²) in [7, 11) is 0. The number of carbonyl (C=O) groups is 1. The van der Waals surface area contributed by atoms with Crippen molar-refractivity contribution in [2.24, 2.45) is 0 Å². The lowest BCUT2D eigenvalue weighted by Crippen LogP contribution is -2.55. The van der Waals surface area contributed by atoms with Crippen LogP contribution in [0.25, 0.3) is 0 Å². The van der Waals surface area contributed by atoms with Gasteiger partial charge < -0.3 is 20.5 Å². The second-order valence-electron chi connectivity index (χ2n) is 7.40. The fourth-order valence-electron chi connectivity index (χ4n) is 4.17. The van der Waals surface area contributed by atoms with Gasteiger partial charge in [-0.2, -0.15) is 0 Å². The summed E-state index contributed by atoms with van der Waals surface area (Å²) < 4.78 is 5.96. The van der Waals surface area contributed by atoms with Crippen LogP contribution in [0.15, 0.2) is 47.6 Å². The van der Waals surface area contributed by atoms with Crippen LogP contribution in [0.5, 0.6) is 5.75 Å². The van der Waals surface area contributed by atoms with E-state index in [0.29, 0.717) is 13.0 Å². The molecule has 5 heteroatoms. The highest BCUT2D eigenvalue weighted by atomic mass is 16.5.